The van der Waals surface area contributed by atoms with E-state index in [1.807, 2.05) is 0 Å². The van der Waals surface area contributed by atoms with Gasteiger partial charge in [0, 0.05) is 12.1 Å². The van der Waals surface area contributed by atoms with Crippen molar-refractivity contribution in [1.82, 2.24) is 5.32 Å². The molecule has 2 rings (SSSR count). The second-order valence-corrected chi connectivity index (χ2v) is 4.46. The van der Waals surface area contributed by atoms with Crippen molar-refractivity contribution in [3.05, 3.63) is 23.8 Å². The van der Waals surface area contributed by atoms with Gasteiger partial charge in [-0.05, 0) is 25.0 Å². The molecule has 5 nitrogen and oxygen atoms in total. The molecule has 1 aliphatic rings. The molecule has 1 amide bonds. The maximum Gasteiger partial charge on any atom is 0.223 e. The molecule has 0 radical (unpaired) electrons. The van der Waals surface area contributed by atoms with Gasteiger partial charge in [0.2, 0.25) is 5.91 Å². The molecule has 0 aliphatic heterocycles. The van der Waals surface area contributed by atoms with Crippen LogP contribution in [0.5, 0.6) is 11.5 Å². The molecule has 0 atom stereocenters. The van der Waals surface area contributed by atoms with E-state index < -0.39 is 0 Å². The number of hydrogen-bond donors (Lipinski definition) is 1. The Morgan fingerprint density at radius 2 is 2.26 bits per heavy atom. The Morgan fingerprint density at radius 3 is 2.89 bits per heavy atom. The molecule has 1 fully saturated rings. The van der Waals surface area contributed by atoms with Crippen LogP contribution in [-0.4, -0.2) is 32.0 Å². The Kier molecular flexibility index (Phi) is 4.39. The fourth-order valence-corrected chi connectivity index (χ4v) is 1.65. The summed E-state index contributed by atoms with van der Waals surface area (Å²) in [6, 6.07) is 5.32. The number of carbonyl (C=O) groups is 2. The van der Waals surface area contributed by atoms with Crippen LogP contribution >= 0.6 is 0 Å². The van der Waals surface area contributed by atoms with Crippen LogP contribution in [0, 0.1) is 0 Å². The van der Waals surface area contributed by atoms with Crippen molar-refractivity contribution in [3.63, 3.8) is 0 Å². The predicted octanol–water partition coefficient (Wildman–Crippen LogP) is 1.56. The van der Waals surface area contributed by atoms with Crippen LogP contribution in [-0.2, 0) is 4.79 Å². The molecule has 0 saturated heterocycles. The molecule has 1 aliphatic carbocycles. The van der Waals surface area contributed by atoms with Crippen LogP contribution in [0.3, 0.4) is 0 Å². The normalized spacial score (nSPS) is 13.7. The zero-order valence-electron chi connectivity index (χ0n) is 10.8. The third kappa shape index (κ3) is 3.98. The molecular formula is C14H17NO4. The minimum atomic E-state index is -0.0157. The molecule has 0 heterocycles. The summed E-state index contributed by atoms with van der Waals surface area (Å²) in [5.74, 6) is 1.04. The molecule has 19 heavy (non-hydrogen) atoms. The molecule has 5 heteroatoms. The van der Waals surface area contributed by atoms with Gasteiger partial charge in [0.1, 0.15) is 11.5 Å². The summed E-state index contributed by atoms with van der Waals surface area (Å²) < 4.78 is 10.5. The Bertz CT molecular complexity index is 469. The molecule has 102 valence electrons. The highest BCUT2D eigenvalue weighted by Crippen LogP contribution is 2.23. The number of amides is 1. The highest BCUT2D eigenvalue weighted by Gasteiger charge is 2.22. The van der Waals surface area contributed by atoms with Crippen molar-refractivity contribution in [2.24, 2.45) is 0 Å². The average molecular weight is 263 g/mol. The maximum atomic E-state index is 11.5. The van der Waals surface area contributed by atoms with Crippen molar-refractivity contribution in [2.45, 2.75) is 25.3 Å². The molecule has 1 saturated carbocycles. The van der Waals surface area contributed by atoms with Crippen LogP contribution in [0.4, 0.5) is 0 Å². The number of nitrogens with one attached hydrogen (secondary N) is 1. The molecule has 0 unspecified atom stereocenters. The summed E-state index contributed by atoms with van der Waals surface area (Å²) in [7, 11) is 1.54. The van der Waals surface area contributed by atoms with Crippen LogP contribution < -0.4 is 14.8 Å². The number of rotatable bonds is 7. The number of ether oxygens (including phenoxy) is 2. The Labute approximate surface area is 111 Å². The van der Waals surface area contributed by atoms with Crippen molar-refractivity contribution < 1.29 is 19.1 Å². The summed E-state index contributed by atoms with van der Waals surface area (Å²) in [6.07, 6.45) is 3.14. The molecule has 0 aromatic heterocycles. The SMILES string of the molecule is COc1ccc(C=O)c(OCCC(=O)NC2CC2)c1. The smallest absolute Gasteiger partial charge is 0.223 e. The summed E-state index contributed by atoms with van der Waals surface area (Å²) in [6.45, 7) is 0.243. The molecule has 1 aromatic carbocycles. The van der Waals surface area contributed by atoms with E-state index in [1.165, 1.54) is 0 Å². The average Bonchev–Trinajstić information content (AvgIpc) is 3.22. The van der Waals surface area contributed by atoms with Crippen LogP contribution in [0.25, 0.3) is 0 Å². The summed E-state index contributed by atoms with van der Waals surface area (Å²) in [5, 5.41) is 2.88. The van der Waals surface area contributed by atoms with E-state index in [0.717, 1.165) is 19.1 Å². The second kappa shape index (κ2) is 6.22. The number of aldehydes is 1. The van der Waals surface area contributed by atoms with Gasteiger partial charge in [0.05, 0.1) is 25.7 Å². The third-order valence-electron chi connectivity index (χ3n) is 2.88. The highest BCUT2D eigenvalue weighted by molar-refractivity contribution is 5.80. The lowest BCUT2D eigenvalue weighted by Gasteiger charge is -2.10. The van der Waals surface area contributed by atoms with Gasteiger partial charge in [0.25, 0.3) is 0 Å². The number of methoxy groups -OCH3 is 1. The summed E-state index contributed by atoms with van der Waals surface area (Å²) >= 11 is 0. The second-order valence-electron chi connectivity index (χ2n) is 4.46. The van der Waals surface area contributed by atoms with Gasteiger partial charge in [-0.1, -0.05) is 0 Å². The van der Waals surface area contributed by atoms with Gasteiger partial charge in [-0.15, -0.1) is 0 Å². The van der Waals surface area contributed by atoms with E-state index in [0.29, 0.717) is 23.1 Å². The summed E-state index contributed by atoms with van der Waals surface area (Å²) in [5.41, 5.74) is 0.448. The number of hydrogen-bond acceptors (Lipinski definition) is 4. The van der Waals surface area contributed by atoms with Gasteiger partial charge < -0.3 is 14.8 Å². The largest absolute Gasteiger partial charge is 0.497 e. The third-order valence-corrected chi connectivity index (χ3v) is 2.88. The van der Waals surface area contributed by atoms with E-state index in [4.69, 9.17) is 9.47 Å². The monoisotopic (exact) mass is 263 g/mol. The standard InChI is InChI=1S/C14H17NO4/c1-18-12-5-2-10(9-16)13(8-12)19-7-6-14(17)15-11-3-4-11/h2,5,8-9,11H,3-4,6-7H2,1H3,(H,15,17). The van der Waals surface area contributed by atoms with Gasteiger partial charge in [-0.2, -0.15) is 0 Å². The molecule has 0 bridgehead atoms. The van der Waals surface area contributed by atoms with Gasteiger partial charge in [-0.25, -0.2) is 0 Å². The Morgan fingerprint density at radius 1 is 1.47 bits per heavy atom. The first kappa shape index (κ1) is 13.4. The van der Waals surface area contributed by atoms with E-state index in [1.54, 1.807) is 25.3 Å². The molecule has 1 N–H and O–H groups in total. The van der Waals surface area contributed by atoms with Crippen LogP contribution in [0.1, 0.15) is 29.6 Å². The van der Waals surface area contributed by atoms with Gasteiger partial charge >= 0.3 is 0 Å². The van der Waals surface area contributed by atoms with E-state index in [-0.39, 0.29) is 18.9 Å². The minimum absolute atomic E-state index is 0.0157. The zero-order chi connectivity index (χ0) is 13.7. The first-order valence-electron chi connectivity index (χ1n) is 6.28. The maximum absolute atomic E-state index is 11.5. The number of benzene rings is 1. The topological polar surface area (TPSA) is 64.6 Å². The van der Waals surface area contributed by atoms with Crippen molar-refractivity contribution in [1.29, 1.82) is 0 Å². The quantitative estimate of drug-likeness (QED) is 0.758. The number of carbonyl (C=O) groups excluding carboxylic acids is 2. The fourth-order valence-electron chi connectivity index (χ4n) is 1.65. The molecule has 1 aromatic rings. The van der Waals surface area contributed by atoms with Gasteiger partial charge in [0.15, 0.2) is 6.29 Å². The minimum Gasteiger partial charge on any atom is -0.497 e. The Balaban J connectivity index is 1.86. The lowest BCUT2D eigenvalue weighted by Crippen LogP contribution is -2.26. The zero-order valence-corrected chi connectivity index (χ0v) is 10.8. The van der Waals surface area contributed by atoms with Crippen molar-refractivity contribution in [3.8, 4) is 11.5 Å². The lowest BCUT2D eigenvalue weighted by molar-refractivity contribution is -0.121. The van der Waals surface area contributed by atoms with Crippen LogP contribution in [0.15, 0.2) is 18.2 Å². The van der Waals surface area contributed by atoms with Crippen molar-refractivity contribution >= 4 is 12.2 Å². The molecular weight excluding hydrogens is 246 g/mol. The first-order valence-corrected chi connectivity index (χ1v) is 6.28. The predicted molar refractivity (Wildman–Crippen MR) is 69.7 cm³/mol. The van der Waals surface area contributed by atoms with E-state index in [2.05, 4.69) is 5.32 Å². The van der Waals surface area contributed by atoms with E-state index in [9.17, 15) is 9.59 Å². The lowest BCUT2D eigenvalue weighted by atomic mass is 10.2. The summed E-state index contributed by atoms with van der Waals surface area (Å²) in [4.78, 5) is 22.4. The fraction of sp³-hybridized carbons (Fsp3) is 0.429. The van der Waals surface area contributed by atoms with E-state index >= 15 is 0 Å². The van der Waals surface area contributed by atoms with Crippen molar-refractivity contribution in [2.75, 3.05) is 13.7 Å². The van der Waals surface area contributed by atoms with Crippen LogP contribution in [0.2, 0.25) is 0 Å². The Hall–Kier alpha value is -2.04. The highest BCUT2D eigenvalue weighted by atomic mass is 16.5. The first-order chi connectivity index (χ1) is 9.22. The van der Waals surface area contributed by atoms with Gasteiger partial charge in [-0.3, -0.25) is 9.59 Å². The molecule has 0 spiro atoms.